The molecule has 1 N–H and O–H groups in total. The van der Waals surface area contributed by atoms with Gasteiger partial charge in [-0.05, 0) is 31.5 Å². The summed E-state index contributed by atoms with van der Waals surface area (Å²) in [5, 5.41) is 4.74. The van der Waals surface area contributed by atoms with Crippen LogP contribution in [0.2, 0.25) is 10.0 Å². The van der Waals surface area contributed by atoms with Gasteiger partial charge in [-0.3, -0.25) is 4.90 Å². The summed E-state index contributed by atoms with van der Waals surface area (Å²) in [6.07, 6.45) is 0. The number of benzene rings is 1. The van der Waals surface area contributed by atoms with Crippen molar-refractivity contribution in [1.29, 1.82) is 0 Å². The molecule has 17 heavy (non-hydrogen) atoms. The first-order valence-electron chi connectivity index (χ1n) is 5.99. The Bertz CT molecular complexity index is 395. The van der Waals surface area contributed by atoms with E-state index < -0.39 is 0 Å². The summed E-state index contributed by atoms with van der Waals surface area (Å²) in [4.78, 5) is 2.47. The van der Waals surface area contributed by atoms with Gasteiger partial charge in [-0.2, -0.15) is 0 Å². The third-order valence-corrected chi connectivity index (χ3v) is 4.27. The molecule has 2 atom stereocenters. The molecule has 2 unspecified atom stereocenters. The first-order chi connectivity index (χ1) is 8.08. The maximum atomic E-state index is 6.03. The lowest BCUT2D eigenvalue weighted by Gasteiger charge is -2.38. The molecule has 1 fully saturated rings. The fourth-order valence-corrected chi connectivity index (χ4v) is 2.54. The smallest absolute Gasteiger partial charge is 0.0595 e. The van der Waals surface area contributed by atoms with Gasteiger partial charge in [0.1, 0.15) is 0 Å². The quantitative estimate of drug-likeness (QED) is 0.890. The molecule has 0 bridgehead atoms. The zero-order chi connectivity index (χ0) is 12.4. The highest BCUT2D eigenvalue weighted by Gasteiger charge is 2.23. The number of hydrogen-bond acceptors (Lipinski definition) is 2. The topological polar surface area (TPSA) is 15.3 Å². The van der Waals surface area contributed by atoms with Crippen LogP contribution in [-0.4, -0.2) is 30.1 Å². The predicted octanol–water partition coefficient (Wildman–Crippen LogP) is 3.18. The molecule has 1 aromatic carbocycles. The van der Waals surface area contributed by atoms with Gasteiger partial charge >= 0.3 is 0 Å². The van der Waals surface area contributed by atoms with Gasteiger partial charge in [-0.1, -0.05) is 29.3 Å². The van der Waals surface area contributed by atoms with Gasteiger partial charge in [0.2, 0.25) is 0 Å². The molecule has 2 nitrogen and oxygen atoms in total. The Labute approximate surface area is 113 Å². The lowest BCUT2D eigenvalue weighted by Crippen LogP contribution is -2.54. The van der Waals surface area contributed by atoms with Crippen molar-refractivity contribution >= 4 is 23.2 Å². The predicted molar refractivity (Wildman–Crippen MR) is 73.8 cm³/mol. The summed E-state index contributed by atoms with van der Waals surface area (Å²) in [6, 6.07) is 6.96. The number of nitrogens with zero attached hydrogens (tertiary/aromatic N) is 1. The van der Waals surface area contributed by atoms with Crippen LogP contribution in [0, 0.1) is 0 Å². The Hall–Kier alpha value is -0.280. The third kappa shape index (κ3) is 3.14. The monoisotopic (exact) mass is 272 g/mol. The van der Waals surface area contributed by atoms with E-state index in [-0.39, 0.29) is 0 Å². The van der Waals surface area contributed by atoms with Gasteiger partial charge in [0.15, 0.2) is 0 Å². The minimum absolute atomic E-state index is 0.534. The van der Waals surface area contributed by atoms with Gasteiger partial charge in [0, 0.05) is 31.7 Å². The van der Waals surface area contributed by atoms with Crippen LogP contribution in [-0.2, 0) is 6.54 Å². The number of rotatable bonds is 2. The van der Waals surface area contributed by atoms with Crippen LogP contribution in [0.5, 0.6) is 0 Å². The molecule has 4 heteroatoms. The lowest BCUT2D eigenvalue weighted by molar-refractivity contribution is 0.131. The number of hydrogen-bond donors (Lipinski definition) is 1. The van der Waals surface area contributed by atoms with E-state index in [0.717, 1.165) is 19.6 Å². The second-order valence-corrected chi connectivity index (χ2v) is 5.52. The zero-order valence-electron chi connectivity index (χ0n) is 10.2. The Balaban J connectivity index is 2.07. The van der Waals surface area contributed by atoms with Gasteiger partial charge in [0.25, 0.3) is 0 Å². The summed E-state index contributed by atoms with van der Waals surface area (Å²) >= 11 is 12.0. The second kappa shape index (κ2) is 5.57. The van der Waals surface area contributed by atoms with Gasteiger partial charge in [0.05, 0.1) is 10.0 Å². The van der Waals surface area contributed by atoms with Crippen molar-refractivity contribution in [1.82, 2.24) is 10.2 Å². The molecule has 0 saturated carbocycles. The molecule has 0 spiro atoms. The van der Waals surface area contributed by atoms with E-state index in [9.17, 15) is 0 Å². The second-order valence-electron chi connectivity index (χ2n) is 4.70. The average molecular weight is 273 g/mol. The van der Waals surface area contributed by atoms with E-state index in [1.54, 1.807) is 0 Å². The van der Waals surface area contributed by atoms with Gasteiger partial charge < -0.3 is 5.32 Å². The highest BCUT2D eigenvalue weighted by molar-refractivity contribution is 6.42. The molecule has 1 saturated heterocycles. The van der Waals surface area contributed by atoms with Crippen molar-refractivity contribution < 1.29 is 0 Å². The maximum Gasteiger partial charge on any atom is 0.0595 e. The Morgan fingerprint density at radius 2 is 2.06 bits per heavy atom. The third-order valence-electron chi connectivity index (χ3n) is 3.53. The van der Waals surface area contributed by atoms with E-state index in [4.69, 9.17) is 23.2 Å². The largest absolute Gasteiger partial charge is 0.311 e. The number of nitrogens with one attached hydrogen (secondary N) is 1. The first kappa shape index (κ1) is 13.2. The molecule has 1 heterocycles. The summed E-state index contributed by atoms with van der Waals surface area (Å²) < 4.78 is 0. The van der Waals surface area contributed by atoms with E-state index in [1.807, 2.05) is 18.2 Å². The highest BCUT2D eigenvalue weighted by Crippen LogP contribution is 2.24. The van der Waals surface area contributed by atoms with E-state index in [2.05, 4.69) is 24.1 Å². The molecule has 94 valence electrons. The van der Waals surface area contributed by atoms with E-state index in [0.29, 0.717) is 22.1 Å². The Morgan fingerprint density at radius 1 is 1.29 bits per heavy atom. The maximum absolute atomic E-state index is 6.03. The van der Waals surface area contributed by atoms with Gasteiger partial charge in [-0.15, -0.1) is 0 Å². The fraction of sp³-hybridized carbons (Fsp3) is 0.538. The lowest BCUT2D eigenvalue weighted by atomic mass is 10.1. The van der Waals surface area contributed by atoms with Crippen LogP contribution in [0.4, 0.5) is 0 Å². The molecular weight excluding hydrogens is 255 g/mol. The Morgan fingerprint density at radius 3 is 2.76 bits per heavy atom. The molecule has 1 aliphatic rings. The minimum atomic E-state index is 0.534. The first-order valence-corrected chi connectivity index (χ1v) is 6.75. The van der Waals surface area contributed by atoms with Crippen LogP contribution in [0.1, 0.15) is 19.4 Å². The molecule has 1 aromatic rings. The summed E-state index contributed by atoms with van der Waals surface area (Å²) in [5.74, 6) is 0. The van der Waals surface area contributed by atoms with Crippen molar-refractivity contribution in [2.24, 2.45) is 0 Å². The molecule has 0 aliphatic carbocycles. The zero-order valence-corrected chi connectivity index (χ0v) is 11.7. The number of halogens is 2. The summed E-state index contributed by atoms with van der Waals surface area (Å²) in [7, 11) is 0. The van der Waals surface area contributed by atoms with E-state index in [1.165, 1.54) is 5.56 Å². The SMILES string of the molecule is CC1NCCN(Cc2ccc(Cl)c(Cl)c2)C1C. The van der Waals surface area contributed by atoms with Crippen LogP contribution in [0.25, 0.3) is 0 Å². The number of piperazine rings is 1. The minimum Gasteiger partial charge on any atom is -0.311 e. The highest BCUT2D eigenvalue weighted by atomic mass is 35.5. The fourth-order valence-electron chi connectivity index (χ4n) is 2.22. The summed E-state index contributed by atoms with van der Waals surface area (Å²) in [6.45, 7) is 7.54. The summed E-state index contributed by atoms with van der Waals surface area (Å²) in [5.41, 5.74) is 1.22. The van der Waals surface area contributed by atoms with Crippen molar-refractivity contribution in [3.8, 4) is 0 Å². The molecule has 0 amide bonds. The van der Waals surface area contributed by atoms with E-state index >= 15 is 0 Å². The van der Waals surface area contributed by atoms with Crippen LogP contribution in [0.15, 0.2) is 18.2 Å². The van der Waals surface area contributed by atoms with Crippen molar-refractivity contribution in [2.75, 3.05) is 13.1 Å². The van der Waals surface area contributed by atoms with Crippen molar-refractivity contribution in [3.63, 3.8) is 0 Å². The standard InChI is InChI=1S/C13H18Cl2N2/c1-9-10(2)17(6-5-16-9)8-11-3-4-12(14)13(15)7-11/h3-4,7,9-10,16H,5-6,8H2,1-2H3. The van der Waals surface area contributed by atoms with Crippen LogP contribution >= 0.6 is 23.2 Å². The van der Waals surface area contributed by atoms with Crippen molar-refractivity contribution in [3.05, 3.63) is 33.8 Å². The molecule has 0 radical (unpaired) electrons. The van der Waals surface area contributed by atoms with Gasteiger partial charge in [-0.25, -0.2) is 0 Å². The molecule has 1 aliphatic heterocycles. The van der Waals surface area contributed by atoms with Crippen LogP contribution < -0.4 is 5.32 Å². The Kier molecular flexibility index (Phi) is 4.31. The molecule has 2 rings (SSSR count). The molecule has 0 aromatic heterocycles. The average Bonchev–Trinajstić information content (AvgIpc) is 2.30. The molecular formula is C13H18Cl2N2. The van der Waals surface area contributed by atoms with Crippen LogP contribution in [0.3, 0.4) is 0 Å². The van der Waals surface area contributed by atoms with Crippen molar-refractivity contribution in [2.45, 2.75) is 32.5 Å². The normalized spacial score (nSPS) is 26.1.